The second-order valence-electron chi connectivity index (χ2n) is 6.19. The lowest BCUT2D eigenvalue weighted by atomic mass is 9.69. The zero-order valence-electron chi connectivity index (χ0n) is 11.9. The third-order valence-corrected chi connectivity index (χ3v) is 4.99. The highest BCUT2D eigenvalue weighted by Crippen LogP contribution is 2.45. The maximum absolute atomic E-state index is 11.1. The van der Waals surface area contributed by atoms with Gasteiger partial charge in [0, 0.05) is 5.39 Å². The molecule has 1 heterocycles. The van der Waals surface area contributed by atoms with E-state index in [9.17, 15) is 5.11 Å². The van der Waals surface area contributed by atoms with Crippen molar-refractivity contribution in [3.05, 3.63) is 35.6 Å². The quantitative estimate of drug-likeness (QED) is 0.823. The maximum atomic E-state index is 11.1. The van der Waals surface area contributed by atoms with Gasteiger partial charge in [0.05, 0.1) is 0 Å². The molecule has 0 aliphatic heterocycles. The third-order valence-electron chi connectivity index (χ3n) is 4.99. The van der Waals surface area contributed by atoms with E-state index in [2.05, 4.69) is 19.9 Å². The van der Waals surface area contributed by atoms with Crippen LogP contribution >= 0.6 is 0 Å². The number of para-hydroxylation sites is 1. The van der Waals surface area contributed by atoms with Crippen LogP contribution in [0.5, 0.6) is 0 Å². The Morgan fingerprint density at radius 3 is 2.84 bits per heavy atom. The summed E-state index contributed by atoms with van der Waals surface area (Å²) in [4.78, 5) is 0. The van der Waals surface area contributed by atoms with Gasteiger partial charge in [-0.15, -0.1) is 0 Å². The van der Waals surface area contributed by atoms with E-state index in [1.807, 2.05) is 25.1 Å². The topological polar surface area (TPSA) is 33.4 Å². The fraction of sp³-hybridized carbons (Fsp3) is 0.529. The largest absolute Gasteiger partial charge is 0.458 e. The molecule has 2 nitrogen and oxygen atoms in total. The minimum atomic E-state index is -0.802. The van der Waals surface area contributed by atoms with E-state index in [0.29, 0.717) is 5.92 Å². The SMILES string of the molecule is Cc1cccc2cc(C3(O)CCCC(C)C3C)oc12. The third kappa shape index (κ3) is 1.90. The van der Waals surface area contributed by atoms with Crippen molar-refractivity contribution in [2.45, 2.75) is 45.6 Å². The maximum Gasteiger partial charge on any atom is 0.137 e. The molecule has 102 valence electrons. The Labute approximate surface area is 114 Å². The Kier molecular flexibility index (Phi) is 2.94. The van der Waals surface area contributed by atoms with Gasteiger partial charge in [-0.1, -0.05) is 38.5 Å². The van der Waals surface area contributed by atoms with Crippen molar-refractivity contribution in [3.63, 3.8) is 0 Å². The molecule has 1 N–H and O–H groups in total. The molecule has 2 heteroatoms. The molecule has 3 unspecified atom stereocenters. The van der Waals surface area contributed by atoms with Gasteiger partial charge in [-0.25, -0.2) is 0 Å². The smallest absolute Gasteiger partial charge is 0.137 e. The van der Waals surface area contributed by atoms with Gasteiger partial charge in [-0.2, -0.15) is 0 Å². The second-order valence-corrected chi connectivity index (χ2v) is 6.19. The predicted octanol–water partition coefficient (Wildman–Crippen LogP) is 4.38. The molecule has 19 heavy (non-hydrogen) atoms. The highest BCUT2D eigenvalue weighted by Gasteiger charge is 2.43. The van der Waals surface area contributed by atoms with E-state index in [0.717, 1.165) is 35.1 Å². The molecule has 1 aliphatic rings. The molecule has 0 saturated heterocycles. The molecular weight excluding hydrogens is 236 g/mol. The second kappa shape index (κ2) is 4.38. The summed E-state index contributed by atoms with van der Waals surface area (Å²) in [6.07, 6.45) is 3.07. The van der Waals surface area contributed by atoms with Crippen LogP contribution in [0, 0.1) is 18.8 Å². The Bertz CT molecular complexity index is 598. The molecule has 2 aromatic rings. The minimum absolute atomic E-state index is 0.238. The van der Waals surface area contributed by atoms with Crippen molar-refractivity contribution in [1.82, 2.24) is 0 Å². The lowest BCUT2D eigenvalue weighted by molar-refractivity contribution is -0.0830. The first-order valence-corrected chi connectivity index (χ1v) is 7.24. The van der Waals surface area contributed by atoms with Crippen LogP contribution in [-0.2, 0) is 5.60 Å². The number of rotatable bonds is 1. The molecule has 1 aliphatic carbocycles. The first kappa shape index (κ1) is 12.7. The summed E-state index contributed by atoms with van der Waals surface area (Å²) >= 11 is 0. The Hall–Kier alpha value is -1.28. The van der Waals surface area contributed by atoms with E-state index >= 15 is 0 Å². The van der Waals surface area contributed by atoms with Crippen LogP contribution in [-0.4, -0.2) is 5.11 Å². The summed E-state index contributed by atoms with van der Waals surface area (Å²) < 4.78 is 6.01. The Balaban J connectivity index is 2.10. The van der Waals surface area contributed by atoms with Gasteiger partial charge in [0.25, 0.3) is 0 Å². The minimum Gasteiger partial charge on any atom is -0.458 e. The van der Waals surface area contributed by atoms with Crippen LogP contribution in [0.2, 0.25) is 0 Å². The standard InChI is InChI=1S/C17H22O2/c1-11-7-5-9-17(18,13(11)3)15-10-14-8-4-6-12(2)16(14)19-15/h4,6,8,10-11,13,18H,5,7,9H2,1-3H3. The molecule has 3 rings (SSSR count). The average molecular weight is 258 g/mol. The van der Waals surface area contributed by atoms with Crippen molar-refractivity contribution in [2.24, 2.45) is 11.8 Å². The van der Waals surface area contributed by atoms with Crippen molar-refractivity contribution in [3.8, 4) is 0 Å². The number of hydrogen-bond acceptors (Lipinski definition) is 2. The molecule has 1 fully saturated rings. The lowest BCUT2D eigenvalue weighted by Gasteiger charge is -2.40. The molecule has 0 amide bonds. The van der Waals surface area contributed by atoms with Gasteiger partial charge < -0.3 is 9.52 Å². The number of aliphatic hydroxyl groups is 1. The molecular formula is C17H22O2. The van der Waals surface area contributed by atoms with Crippen molar-refractivity contribution >= 4 is 11.0 Å². The number of fused-ring (bicyclic) bond motifs is 1. The van der Waals surface area contributed by atoms with Gasteiger partial charge in [0.2, 0.25) is 0 Å². The zero-order valence-corrected chi connectivity index (χ0v) is 11.9. The van der Waals surface area contributed by atoms with Crippen LogP contribution < -0.4 is 0 Å². The van der Waals surface area contributed by atoms with Crippen LogP contribution in [0.4, 0.5) is 0 Å². The van der Waals surface area contributed by atoms with Crippen LogP contribution in [0.1, 0.15) is 44.4 Å². The van der Waals surface area contributed by atoms with Crippen LogP contribution in [0.25, 0.3) is 11.0 Å². The van der Waals surface area contributed by atoms with E-state index in [-0.39, 0.29) is 5.92 Å². The zero-order chi connectivity index (χ0) is 13.6. The first-order valence-electron chi connectivity index (χ1n) is 7.24. The van der Waals surface area contributed by atoms with E-state index in [1.165, 1.54) is 6.42 Å². The van der Waals surface area contributed by atoms with Gasteiger partial charge in [0.1, 0.15) is 16.9 Å². The molecule has 0 spiro atoms. The van der Waals surface area contributed by atoms with Gasteiger partial charge in [-0.3, -0.25) is 0 Å². The Morgan fingerprint density at radius 2 is 2.11 bits per heavy atom. The van der Waals surface area contributed by atoms with Crippen LogP contribution in [0.15, 0.2) is 28.7 Å². The van der Waals surface area contributed by atoms with Crippen molar-refractivity contribution in [1.29, 1.82) is 0 Å². The molecule has 0 radical (unpaired) electrons. The highest BCUT2D eigenvalue weighted by molar-refractivity contribution is 5.81. The van der Waals surface area contributed by atoms with Crippen LogP contribution in [0.3, 0.4) is 0 Å². The molecule has 3 atom stereocenters. The summed E-state index contributed by atoms with van der Waals surface area (Å²) in [6.45, 7) is 6.42. The summed E-state index contributed by atoms with van der Waals surface area (Å²) in [5.74, 6) is 1.52. The molecule has 1 aromatic heterocycles. The monoisotopic (exact) mass is 258 g/mol. The van der Waals surface area contributed by atoms with Gasteiger partial charge in [0.15, 0.2) is 0 Å². The van der Waals surface area contributed by atoms with E-state index in [4.69, 9.17) is 4.42 Å². The molecule has 1 saturated carbocycles. The normalized spacial score (nSPS) is 31.8. The summed E-state index contributed by atoms with van der Waals surface area (Å²) in [6, 6.07) is 8.16. The fourth-order valence-electron chi connectivity index (χ4n) is 3.41. The lowest BCUT2D eigenvalue weighted by Crippen LogP contribution is -2.40. The number of furan rings is 1. The number of benzene rings is 1. The fourth-order valence-corrected chi connectivity index (χ4v) is 3.41. The van der Waals surface area contributed by atoms with E-state index in [1.54, 1.807) is 0 Å². The van der Waals surface area contributed by atoms with Crippen molar-refractivity contribution in [2.75, 3.05) is 0 Å². The van der Waals surface area contributed by atoms with Gasteiger partial charge in [-0.05, 0) is 43.2 Å². The van der Waals surface area contributed by atoms with Gasteiger partial charge >= 0.3 is 0 Å². The predicted molar refractivity (Wildman–Crippen MR) is 77.0 cm³/mol. The summed E-state index contributed by atoms with van der Waals surface area (Å²) in [7, 11) is 0. The summed E-state index contributed by atoms with van der Waals surface area (Å²) in [5, 5.41) is 12.2. The molecule has 0 bridgehead atoms. The number of hydrogen-bond donors (Lipinski definition) is 1. The summed E-state index contributed by atoms with van der Waals surface area (Å²) in [5.41, 5.74) is 1.24. The molecule has 1 aromatic carbocycles. The van der Waals surface area contributed by atoms with E-state index < -0.39 is 5.60 Å². The first-order chi connectivity index (χ1) is 9.02. The highest BCUT2D eigenvalue weighted by atomic mass is 16.4. The average Bonchev–Trinajstić information content (AvgIpc) is 2.82. The van der Waals surface area contributed by atoms with Crippen molar-refractivity contribution < 1.29 is 9.52 Å². The number of aryl methyl sites for hydroxylation is 1. The Morgan fingerprint density at radius 1 is 1.32 bits per heavy atom.